The molecular weight excluding hydrogens is 141 g/mol. The van der Waals surface area contributed by atoms with Crippen LogP contribution in [0.5, 0.6) is 0 Å². The molecule has 62 valence electrons. The van der Waals surface area contributed by atoms with Crippen LogP contribution < -0.4 is 0 Å². The molecule has 0 aromatic rings. The molecule has 0 fully saturated rings. The molecule has 0 aromatic carbocycles. The topological polar surface area (TPSA) is 42.2 Å². The number of hydrogen-bond acceptors (Lipinski definition) is 3. The van der Waals surface area contributed by atoms with Gasteiger partial charge in [0.1, 0.15) is 0 Å². The van der Waals surface area contributed by atoms with Crippen LogP contribution >= 0.6 is 0 Å². The van der Waals surface area contributed by atoms with Crippen LogP contribution in [0.3, 0.4) is 0 Å². The van der Waals surface area contributed by atoms with E-state index < -0.39 is 0 Å². The third-order valence-electron chi connectivity index (χ3n) is 1.89. The average molecular weight is 155 g/mol. The molecule has 0 saturated heterocycles. The summed E-state index contributed by atoms with van der Waals surface area (Å²) in [6.07, 6.45) is 0. The van der Waals surface area contributed by atoms with E-state index in [0.717, 1.165) is 0 Å². The lowest BCUT2D eigenvalue weighted by Crippen LogP contribution is -2.27. The van der Waals surface area contributed by atoms with E-state index in [9.17, 15) is 0 Å². The molecule has 0 bridgehead atoms. The second-order valence-corrected chi connectivity index (χ2v) is 2.62. The summed E-state index contributed by atoms with van der Waals surface area (Å²) in [5.74, 6) is 0.0647. The van der Waals surface area contributed by atoms with Crippen LogP contribution in [-0.4, -0.2) is 21.3 Å². The first-order valence-electron chi connectivity index (χ1n) is 3.62. The Bertz CT molecular complexity index is 142. The van der Waals surface area contributed by atoms with Crippen molar-refractivity contribution in [2.45, 2.75) is 19.7 Å². The van der Waals surface area contributed by atoms with E-state index >= 15 is 0 Å². The van der Waals surface area contributed by atoms with Gasteiger partial charge in [0, 0.05) is 26.0 Å². The van der Waals surface area contributed by atoms with Crippen LogP contribution in [0.2, 0.25) is 5.82 Å². The molecule has 0 aliphatic carbocycles. The van der Waals surface area contributed by atoms with Crippen LogP contribution in [0.1, 0.15) is 13.8 Å². The summed E-state index contributed by atoms with van der Waals surface area (Å²) in [6.45, 7) is 3.79. The van der Waals surface area contributed by atoms with Crippen LogP contribution in [0.25, 0.3) is 0 Å². The minimum absolute atomic E-state index is 0.0418. The van der Waals surface area contributed by atoms with E-state index in [0.29, 0.717) is 0 Å². The van der Waals surface area contributed by atoms with Gasteiger partial charge in [0.2, 0.25) is 0 Å². The lowest BCUT2D eigenvalue weighted by Gasteiger charge is -2.17. The smallest absolute Gasteiger partial charge is 0.414 e. The highest BCUT2D eigenvalue weighted by molar-refractivity contribution is 6.46. The zero-order valence-corrected chi connectivity index (χ0v) is 7.50. The molecule has 0 aromatic heterocycles. The zero-order valence-electron chi connectivity index (χ0n) is 7.50. The highest BCUT2D eigenvalue weighted by Gasteiger charge is 2.28. The quantitative estimate of drug-likeness (QED) is 0.575. The monoisotopic (exact) mass is 155 g/mol. The van der Waals surface area contributed by atoms with Crippen molar-refractivity contribution in [3.63, 3.8) is 0 Å². The Hall–Kier alpha value is -0.525. The first kappa shape index (κ1) is 10.5. The van der Waals surface area contributed by atoms with Gasteiger partial charge in [-0.3, -0.25) is 0 Å². The molecule has 0 amide bonds. The lowest BCUT2D eigenvalue weighted by molar-refractivity contribution is 0.261. The normalized spacial score (nSPS) is 15.2. The Morgan fingerprint density at radius 2 is 1.73 bits per heavy atom. The second-order valence-electron chi connectivity index (χ2n) is 2.62. The highest BCUT2D eigenvalue weighted by atomic mass is 16.6. The van der Waals surface area contributed by atoms with Gasteiger partial charge in [0.25, 0.3) is 0 Å². The first-order valence-corrected chi connectivity index (χ1v) is 3.62. The molecule has 4 heteroatoms. The van der Waals surface area contributed by atoms with Crippen LogP contribution in [0.15, 0.2) is 0 Å². The van der Waals surface area contributed by atoms with E-state index in [4.69, 9.17) is 14.6 Å². The van der Waals surface area contributed by atoms with Crippen molar-refractivity contribution in [1.29, 1.82) is 5.26 Å². The molecule has 0 heterocycles. The first-order chi connectivity index (χ1) is 5.17. The average Bonchev–Trinajstić information content (AvgIpc) is 2.05. The Morgan fingerprint density at radius 3 is 2.00 bits per heavy atom. The van der Waals surface area contributed by atoms with Crippen molar-refractivity contribution < 1.29 is 9.31 Å². The maximum absolute atomic E-state index is 8.58. The molecule has 0 N–H and O–H groups in total. The van der Waals surface area contributed by atoms with Gasteiger partial charge < -0.3 is 9.31 Å². The van der Waals surface area contributed by atoms with Crippen molar-refractivity contribution in [1.82, 2.24) is 0 Å². The summed E-state index contributed by atoms with van der Waals surface area (Å²) in [6, 6.07) is 2.15. The largest absolute Gasteiger partial charge is 0.460 e. The van der Waals surface area contributed by atoms with E-state index in [1.54, 1.807) is 14.2 Å². The van der Waals surface area contributed by atoms with E-state index in [2.05, 4.69) is 6.07 Å². The molecule has 2 atom stereocenters. The van der Waals surface area contributed by atoms with Gasteiger partial charge in [-0.05, 0) is 6.92 Å². The summed E-state index contributed by atoms with van der Waals surface area (Å²) in [4.78, 5) is 0. The predicted octanol–water partition coefficient (Wildman–Crippen LogP) is 1.32. The molecule has 0 aliphatic rings. The Kier molecular flexibility index (Phi) is 4.92. The van der Waals surface area contributed by atoms with Crippen molar-refractivity contribution in [2.24, 2.45) is 5.92 Å². The maximum atomic E-state index is 8.58. The molecule has 0 rings (SSSR count). The van der Waals surface area contributed by atoms with E-state index in [1.807, 2.05) is 13.8 Å². The molecule has 2 unspecified atom stereocenters. The Morgan fingerprint density at radius 1 is 1.27 bits per heavy atom. The minimum atomic E-state index is -0.273. The van der Waals surface area contributed by atoms with Gasteiger partial charge in [-0.1, -0.05) is 6.92 Å². The standard InChI is InChI=1S/C7H14BNO2/c1-6(5-9)7(2)8(10-3)11-4/h6-7H,1-4H3. The fourth-order valence-corrected chi connectivity index (χ4v) is 0.879. The minimum Gasteiger partial charge on any atom is -0.414 e. The van der Waals surface area contributed by atoms with E-state index in [1.165, 1.54) is 0 Å². The molecule has 0 radical (unpaired) electrons. The Balaban J connectivity index is 3.99. The van der Waals surface area contributed by atoms with Crippen LogP contribution in [0, 0.1) is 17.2 Å². The number of rotatable bonds is 4. The molecular formula is C7H14BNO2. The van der Waals surface area contributed by atoms with Gasteiger partial charge >= 0.3 is 7.12 Å². The molecule has 0 spiro atoms. The molecule has 0 aliphatic heterocycles. The number of nitriles is 1. The molecule has 0 saturated carbocycles. The third-order valence-corrected chi connectivity index (χ3v) is 1.89. The maximum Gasteiger partial charge on any atom is 0.460 e. The van der Waals surface area contributed by atoms with Crippen molar-refractivity contribution in [2.75, 3.05) is 14.2 Å². The number of hydrogen-bond donors (Lipinski definition) is 0. The Labute approximate surface area is 68.4 Å². The predicted molar refractivity (Wildman–Crippen MR) is 44.0 cm³/mol. The summed E-state index contributed by atoms with van der Waals surface area (Å²) < 4.78 is 10.0. The van der Waals surface area contributed by atoms with Crippen molar-refractivity contribution in [3.8, 4) is 6.07 Å². The summed E-state index contributed by atoms with van der Waals surface area (Å²) >= 11 is 0. The second kappa shape index (κ2) is 5.17. The highest BCUT2D eigenvalue weighted by Crippen LogP contribution is 2.20. The van der Waals surface area contributed by atoms with Gasteiger partial charge in [0.15, 0.2) is 0 Å². The van der Waals surface area contributed by atoms with Crippen LogP contribution in [0.4, 0.5) is 0 Å². The SMILES string of the molecule is COB(OC)C(C)C(C)C#N. The van der Waals surface area contributed by atoms with Gasteiger partial charge in [-0.25, -0.2) is 0 Å². The summed E-state index contributed by atoms with van der Waals surface area (Å²) in [7, 11) is 2.88. The van der Waals surface area contributed by atoms with Gasteiger partial charge in [0.05, 0.1) is 6.07 Å². The van der Waals surface area contributed by atoms with E-state index in [-0.39, 0.29) is 18.9 Å². The fraction of sp³-hybridized carbons (Fsp3) is 0.857. The number of nitrogens with zero attached hydrogens (tertiary/aromatic N) is 1. The summed E-state index contributed by atoms with van der Waals surface area (Å²) in [5, 5.41) is 8.58. The van der Waals surface area contributed by atoms with Gasteiger partial charge in [-0.2, -0.15) is 5.26 Å². The molecule has 11 heavy (non-hydrogen) atoms. The third kappa shape index (κ3) is 2.92. The zero-order chi connectivity index (χ0) is 8.85. The molecule has 3 nitrogen and oxygen atoms in total. The van der Waals surface area contributed by atoms with Gasteiger partial charge in [-0.15, -0.1) is 0 Å². The van der Waals surface area contributed by atoms with Crippen molar-refractivity contribution in [3.05, 3.63) is 0 Å². The van der Waals surface area contributed by atoms with Crippen molar-refractivity contribution >= 4 is 7.12 Å². The summed E-state index contributed by atoms with van der Waals surface area (Å²) in [5.41, 5.74) is 0. The lowest BCUT2D eigenvalue weighted by atomic mass is 9.67. The fourth-order valence-electron chi connectivity index (χ4n) is 0.879. The van der Waals surface area contributed by atoms with Crippen LogP contribution in [-0.2, 0) is 9.31 Å².